The number of piperidine rings is 1. The molecule has 2 heterocycles. The van der Waals surface area contributed by atoms with Crippen molar-refractivity contribution in [3.63, 3.8) is 0 Å². The van der Waals surface area contributed by atoms with Gasteiger partial charge in [0.25, 0.3) is 0 Å². The summed E-state index contributed by atoms with van der Waals surface area (Å²) in [6.07, 6.45) is 7.78. The molecule has 0 aromatic carbocycles. The van der Waals surface area contributed by atoms with Gasteiger partial charge in [0.05, 0.1) is 0 Å². The minimum absolute atomic E-state index is 0.490. The Labute approximate surface area is 110 Å². The second-order valence-electron chi connectivity index (χ2n) is 5.50. The zero-order valence-electron chi connectivity index (χ0n) is 11.7. The first kappa shape index (κ1) is 13.3. The van der Waals surface area contributed by atoms with Crippen molar-refractivity contribution in [2.24, 2.45) is 0 Å². The molecule has 4 nitrogen and oxygen atoms in total. The molecule has 1 aliphatic heterocycles. The van der Waals surface area contributed by atoms with E-state index >= 15 is 0 Å². The predicted octanol–water partition coefficient (Wildman–Crippen LogP) is 2.18. The monoisotopic (exact) mass is 248 g/mol. The summed E-state index contributed by atoms with van der Waals surface area (Å²) in [7, 11) is 2.07. The van der Waals surface area contributed by atoms with Gasteiger partial charge in [-0.2, -0.15) is 0 Å². The van der Waals surface area contributed by atoms with E-state index in [2.05, 4.69) is 41.1 Å². The molecule has 1 fully saturated rings. The second kappa shape index (κ2) is 6.14. The van der Waals surface area contributed by atoms with Gasteiger partial charge < -0.3 is 10.2 Å². The van der Waals surface area contributed by atoms with Gasteiger partial charge in [0.1, 0.15) is 0 Å². The lowest BCUT2D eigenvalue weighted by Crippen LogP contribution is -2.42. The molecule has 1 atom stereocenters. The molecule has 1 saturated heterocycles. The number of anilines is 1. The fraction of sp³-hybridized carbons (Fsp3) is 0.714. The minimum atomic E-state index is 0.490. The second-order valence-corrected chi connectivity index (χ2v) is 5.50. The molecule has 0 saturated carbocycles. The summed E-state index contributed by atoms with van der Waals surface area (Å²) < 4.78 is 0. The summed E-state index contributed by atoms with van der Waals surface area (Å²) in [5.74, 6) is 1.32. The molecule has 1 N–H and O–H groups in total. The van der Waals surface area contributed by atoms with Crippen LogP contribution in [0.3, 0.4) is 0 Å². The Bertz CT molecular complexity index is 355. The summed E-state index contributed by atoms with van der Waals surface area (Å²) >= 11 is 0. The molecule has 0 aliphatic carbocycles. The van der Waals surface area contributed by atoms with Gasteiger partial charge in [0.2, 0.25) is 5.95 Å². The molecule has 1 aliphatic rings. The topological polar surface area (TPSA) is 41.1 Å². The Morgan fingerprint density at radius 2 is 2.06 bits per heavy atom. The van der Waals surface area contributed by atoms with Crippen molar-refractivity contribution < 1.29 is 0 Å². The quantitative estimate of drug-likeness (QED) is 0.886. The highest BCUT2D eigenvalue weighted by Gasteiger charge is 2.16. The highest BCUT2D eigenvalue weighted by molar-refractivity contribution is 5.29. The zero-order valence-corrected chi connectivity index (χ0v) is 11.7. The SMILES string of the molecule is CC(C)c1cnc(N(C)CC2CCCCN2)nc1. The third-order valence-corrected chi connectivity index (χ3v) is 3.57. The minimum Gasteiger partial charge on any atom is -0.342 e. The molecular formula is C14H24N4. The van der Waals surface area contributed by atoms with E-state index in [4.69, 9.17) is 0 Å². The Balaban J connectivity index is 1.93. The Kier molecular flexibility index (Phi) is 4.53. The maximum Gasteiger partial charge on any atom is 0.225 e. The summed E-state index contributed by atoms with van der Waals surface area (Å²) in [5, 5.41) is 3.55. The number of aromatic nitrogens is 2. The lowest BCUT2D eigenvalue weighted by molar-refractivity contribution is 0.402. The smallest absolute Gasteiger partial charge is 0.225 e. The van der Waals surface area contributed by atoms with E-state index in [0.717, 1.165) is 19.0 Å². The predicted molar refractivity (Wildman–Crippen MR) is 75.0 cm³/mol. The van der Waals surface area contributed by atoms with Gasteiger partial charge in [0, 0.05) is 32.0 Å². The third kappa shape index (κ3) is 3.42. The maximum absolute atomic E-state index is 4.45. The number of hydrogen-bond acceptors (Lipinski definition) is 4. The van der Waals surface area contributed by atoms with Crippen LogP contribution in [-0.4, -0.2) is 36.1 Å². The molecular weight excluding hydrogens is 224 g/mol. The molecule has 1 aromatic heterocycles. The van der Waals surface area contributed by atoms with Crippen LogP contribution in [-0.2, 0) is 0 Å². The van der Waals surface area contributed by atoms with Crippen molar-refractivity contribution >= 4 is 5.95 Å². The van der Waals surface area contributed by atoms with Crippen molar-refractivity contribution in [1.29, 1.82) is 0 Å². The Hall–Kier alpha value is -1.16. The number of hydrogen-bond donors (Lipinski definition) is 1. The molecule has 1 unspecified atom stereocenters. The molecule has 0 spiro atoms. The molecule has 100 valence electrons. The molecule has 18 heavy (non-hydrogen) atoms. The lowest BCUT2D eigenvalue weighted by atomic mass is 10.0. The third-order valence-electron chi connectivity index (χ3n) is 3.57. The standard InChI is InChI=1S/C14H24N4/c1-11(2)12-8-16-14(17-9-12)18(3)10-13-6-4-5-7-15-13/h8-9,11,13,15H,4-7,10H2,1-3H3. The summed E-state index contributed by atoms with van der Waals surface area (Å²) in [4.78, 5) is 11.1. The molecule has 1 aromatic rings. The van der Waals surface area contributed by atoms with Gasteiger partial charge in [-0.05, 0) is 30.9 Å². The van der Waals surface area contributed by atoms with E-state index in [1.54, 1.807) is 0 Å². The number of rotatable bonds is 4. The largest absolute Gasteiger partial charge is 0.342 e. The van der Waals surface area contributed by atoms with E-state index in [0.29, 0.717) is 12.0 Å². The fourth-order valence-corrected chi connectivity index (χ4v) is 2.32. The molecule has 0 radical (unpaired) electrons. The first-order valence-corrected chi connectivity index (χ1v) is 6.93. The average molecular weight is 248 g/mol. The molecule has 0 amide bonds. The Morgan fingerprint density at radius 1 is 1.33 bits per heavy atom. The molecule has 2 rings (SSSR count). The van der Waals surface area contributed by atoms with E-state index < -0.39 is 0 Å². The van der Waals surface area contributed by atoms with E-state index in [1.165, 1.54) is 24.8 Å². The van der Waals surface area contributed by atoms with Crippen LogP contribution in [0.15, 0.2) is 12.4 Å². The van der Waals surface area contributed by atoms with Crippen molar-refractivity contribution in [3.8, 4) is 0 Å². The average Bonchev–Trinajstić information content (AvgIpc) is 2.40. The summed E-state index contributed by atoms with van der Waals surface area (Å²) in [5.41, 5.74) is 1.20. The number of likely N-dealkylation sites (N-methyl/N-ethyl adjacent to an activating group) is 1. The van der Waals surface area contributed by atoms with E-state index in [1.807, 2.05) is 12.4 Å². The lowest BCUT2D eigenvalue weighted by Gasteiger charge is -2.28. The number of nitrogens with one attached hydrogen (secondary N) is 1. The molecule has 0 bridgehead atoms. The van der Waals surface area contributed by atoms with Crippen LogP contribution in [0.2, 0.25) is 0 Å². The van der Waals surface area contributed by atoms with Crippen LogP contribution in [0.4, 0.5) is 5.95 Å². The van der Waals surface area contributed by atoms with Crippen molar-refractivity contribution in [2.75, 3.05) is 25.0 Å². The summed E-state index contributed by atoms with van der Waals surface area (Å²) in [6, 6.07) is 0.581. The van der Waals surface area contributed by atoms with Crippen molar-refractivity contribution in [3.05, 3.63) is 18.0 Å². The van der Waals surface area contributed by atoms with Gasteiger partial charge in [-0.3, -0.25) is 0 Å². The van der Waals surface area contributed by atoms with Gasteiger partial charge in [-0.25, -0.2) is 9.97 Å². The molecule has 4 heteroatoms. The first-order chi connectivity index (χ1) is 8.66. The maximum atomic E-state index is 4.45. The normalized spacial score (nSPS) is 20.1. The van der Waals surface area contributed by atoms with Crippen molar-refractivity contribution in [1.82, 2.24) is 15.3 Å². The van der Waals surface area contributed by atoms with E-state index in [9.17, 15) is 0 Å². The van der Waals surface area contributed by atoms with Crippen molar-refractivity contribution in [2.45, 2.75) is 45.1 Å². The van der Waals surface area contributed by atoms with Crippen LogP contribution in [0, 0.1) is 0 Å². The van der Waals surface area contributed by atoms with Gasteiger partial charge in [-0.15, -0.1) is 0 Å². The zero-order chi connectivity index (χ0) is 13.0. The highest BCUT2D eigenvalue weighted by Crippen LogP contribution is 2.15. The fourth-order valence-electron chi connectivity index (χ4n) is 2.32. The van der Waals surface area contributed by atoms with Crippen LogP contribution < -0.4 is 10.2 Å². The Morgan fingerprint density at radius 3 is 2.61 bits per heavy atom. The number of nitrogens with zero attached hydrogens (tertiary/aromatic N) is 3. The van der Waals surface area contributed by atoms with Crippen LogP contribution in [0.1, 0.15) is 44.6 Å². The van der Waals surface area contributed by atoms with Crippen LogP contribution in [0.25, 0.3) is 0 Å². The van der Waals surface area contributed by atoms with Gasteiger partial charge >= 0.3 is 0 Å². The van der Waals surface area contributed by atoms with Gasteiger partial charge in [0.15, 0.2) is 0 Å². The van der Waals surface area contributed by atoms with Crippen LogP contribution >= 0.6 is 0 Å². The first-order valence-electron chi connectivity index (χ1n) is 6.93. The highest BCUT2D eigenvalue weighted by atomic mass is 15.2. The van der Waals surface area contributed by atoms with E-state index in [-0.39, 0.29) is 0 Å². The van der Waals surface area contributed by atoms with Crippen LogP contribution in [0.5, 0.6) is 0 Å². The van der Waals surface area contributed by atoms with Gasteiger partial charge in [-0.1, -0.05) is 20.3 Å². The summed E-state index contributed by atoms with van der Waals surface area (Å²) in [6.45, 7) is 6.45.